The third-order valence-electron chi connectivity index (χ3n) is 3.38. The summed E-state index contributed by atoms with van der Waals surface area (Å²) >= 11 is 1.27. The van der Waals surface area contributed by atoms with Gasteiger partial charge in [0.1, 0.15) is 0 Å². The van der Waals surface area contributed by atoms with E-state index in [2.05, 4.69) is 10.7 Å². The first-order valence-corrected chi connectivity index (χ1v) is 6.91. The van der Waals surface area contributed by atoms with Crippen molar-refractivity contribution in [3.63, 3.8) is 0 Å². The van der Waals surface area contributed by atoms with Crippen molar-refractivity contribution in [3.8, 4) is 0 Å². The summed E-state index contributed by atoms with van der Waals surface area (Å²) in [5.74, 6) is 4.09. The maximum atomic E-state index is 11.9. The molecule has 1 saturated heterocycles. The lowest BCUT2D eigenvalue weighted by atomic mass is 9.98. The van der Waals surface area contributed by atoms with E-state index in [4.69, 9.17) is 5.84 Å². The number of nitrogens with zero attached hydrogens (tertiary/aromatic N) is 1. The number of rotatable bonds is 3. The summed E-state index contributed by atoms with van der Waals surface area (Å²) in [4.78, 5) is 37.2. The number of imide groups is 1. The van der Waals surface area contributed by atoms with Gasteiger partial charge in [-0.25, -0.2) is 5.84 Å². The van der Waals surface area contributed by atoms with E-state index >= 15 is 0 Å². The predicted octanol–water partition coefficient (Wildman–Crippen LogP) is -0.411. The van der Waals surface area contributed by atoms with E-state index in [-0.39, 0.29) is 24.3 Å². The van der Waals surface area contributed by atoms with Crippen molar-refractivity contribution in [2.75, 3.05) is 6.54 Å². The molecular weight excluding hydrogens is 280 g/mol. The maximum Gasteiger partial charge on any atom is 0.275 e. The number of hydrazine groups is 1. The molecule has 7 nitrogen and oxygen atoms in total. The molecule has 1 aliphatic rings. The Labute approximate surface area is 120 Å². The SMILES string of the molecule is CC1(C)C(=O)NC(=O)CN1Cc1ccsc1C(=O)NN. The van der Waals surface area contributed by atoms with Crippen LogP contribution in [0.4, 0.5) is 0 Å². The standard InChI is InChI=1S/C12H16N4O3S/c1-12(2)11(19)14-8(17)6-16(12)5-7-3-4-20-9(7)10(18)15-13/h3-4H,5-6,13H2,1-2H3,(H,15,18)(H,14,17,19). The molecule has 8 heteroatoms. The van der Waals surface area contributed by atoms with E-state index in [0.717, 1.165) is 5.56 Å². The zero-order chi connectivity index (χ0) is 14.9. The van der Waals surface area contributed by atoms with Crippen LogP contribution in [-0.4, -0.2) is 34.7 Å². The minimum absolute atomic E-state index is 0.109. The summed E-state index contributed by atoms with van der Waals surface area (Å²) in [6.07, 6.45) is 0. The van der Waals surface area contributed by atoms with Crippen LogP contribution in [-0.2, 0) is 16.1 Å². The Balaban J connectivity index is 2.24. The Hall–Kier alpha value is -1.77. The van der Waals surface area contributed by atoms with Crippen molar-refractivity contribution in [2.45, 2.75) is 25.9 Å². The zero-order valence-corrected chi connectivity index (χ0v) is 12.0. The Morgan fingerprint density at radius 3 is 2.90 bits per heavy atom. The van der Waals surface area contributed by atoms with Gasteiger partial charge in [0, 0.05) is 6.54 Å². The molecule has 0 bridgehead atoms. The van der Waals surface area contributed by atoms with Crippen LogP contribution in [0.5, 0.6) is 0 Å². The number of carbonyl (C=O) groups excluding carboxylic acids is 3. The molecule has 108 valence electrons. The first kappa shape index (κ1) is 14.6. The molecule has 0 aromatic carbocycles. The lowest BCUT2D eigenvalue weighted by Crippen LogP contribution is -2.63. The molecule has 2 heterocycles. The highest BCUT2D eigenvalue weighted by Gasteiger charge is 2.41. The number of nitrogens with two attached hydrogens (primary N) is 1. The smallest absolute Gasteiger partial charge is 0.275 e. The van der Waals surface area contributed by atoms with E-state index in [1.54, 1.807) is 30.2 Å². The fourth-order valence-electron chi connectivity index (χ4n) is 2.02. The van der Waals surface area contributed by atoms with Gasteiger partial charge in [0.15, 0.2) is 0 Å². The van der Waals surface area contributed by atoms with E-state index in [1.807, 2.05) is 0 Å². The van der Waals surface area contributed by atoms with E-state index in [0.29, 0.717) is 11.4 Å². The lowest BCUT2D eigenvalue weighted by Gasteiger charge is -2.40. The van der Waals surface area contributed by atoms with Crippen LogP contribution >= 0.6 is 11.3 Å². The van der Waals surface area contributed by atoms with Gasteiger partial charge in [0.25, 0.3) is 5.91 Å². The van der Waals surface area contributed by atoms with Gasteiger partial charge in [-0.1, -0.05) is 0 Å². The van der Waals surface area contributed by atoms with Gasteiger partial charge < -0.3 is 0 Å². The molecule has 20 heavy (non-hydrogen) atoms. The molecule has 0 aliphatic carbocycles. The molecule has 4 N–H and O–H groups in total. The van der Waals surface area contributed by atoms with Crippen LogP contribution in [0, 0.1) is 0 Å². The van der Waals surface area contributed by atoms with Crippen molar-refractivity contribution in [2.24, 2.45) is 5.84 Å². The van der Waals surface area contributed by atoms with Crippen LogP contribution in [0.25, 0.3) is 0 Å². The minimum atomic E-state index is -0.813. The summed E-state index contributed by atoms with van der Waals surface area (Å²) in [5.41, 5.74) is 2.02. The molecule has 0 radical (unpaired) electrons. The normalized spacial score (nSPS) is 18.8. The molecule has 1 fully saturated rings. The number of amides is 3. The third-order valence-corrected chi connectivity index (χ3v) is 4.33. The molecule has 0 atom stereocenters. The molecule has 0 unspecified atom stereocenters. The van der Waals surface area contributed by atoms with Gasteiger partial charge in [0.2, 0.25) is 11.8 Å². The van der Waals surface area contributed by atoms with Gasteiger partial charge in [-0.2, -0.15) is 0 Å². The number of hydrogen-bond acceptors (Lipinski definition) is 6. The fraction of sp³-hybridized carbons (Fsp3) is 0.417. The molecule has 3 amide bonds. The highest BCUT2D eigenvalue weighted by atomic mass is 32.1. The van der Waals surface area contributed by atoms with Gasteiger partial charge in [-0.05, 0) is 30.9 Å². The Bertz CT molecular complexity index is 567. The highest BCUT2D eigenvalue weighted by Crippen LogP contribution is 2.24. The van der Waals surface area contributed by atoms with Crippen molar-refractivity contribution in [1.29, 1.82) is 0 Å². The molecule has 0 saturated carbocycles. The predicted molar refractivity (Wildman–Crippen MR) is 73.6 cm³/mol. The monoisotopic (exact) mass is 296 g/mol. The Morgan fingerprint density at radius 1 is 1.55 bits per heavy atom. The average Bonchev–Trinajstić information content (AvgIpc) is 2.83. The lowest BCUT2D eigenvalue weighted by molar-refractivity contribution is -0.145. The van der Waals surface area contributed by atoms with Crippen LogP contribution in [0.15, 0.2) is 11.4 Å². The van der Waals surface area contributed by atoms with Crippen molar-refractivity contribution in [3.05, 3.63) is 21.9 Å². The van der Waals surface area contributed by atoms with Gasteiger partial charge >= 0.3 is 0 Å². The second-order valence-electron chi connectivity index (χ2n) is 5.04. The minimum Gasteiger partial charge on any atom is -0.294 e. The van der Waals surface area contributed by atoms with Crippen molar-refractivity contribution < 1.29 is 14.4 Å². The second-order valence-corrected chi connectivity index (χ2v) is 5.96. The second kappa shape index (κ2) is 5.31. The van der Waals surface area contributed by atoms with E-state index in [9.17, 15) is 14.4 Å². The Kier molecular flexibility index (Phi) is 3.89. The molecular formula is C12H16N4O3S. The first-order valence-electron chi connectivity index (χ1n) is 6.03. The van der Waals surface area contributed by atoms with Gasteiger partial charge in [-0.15, -0.1) is 11.3 Å². The summed E-state index contributed by atoms with van der Waals surface area (Å²) in [5, 5.41) is 4.09. The zero-order valence-electron chi connectivity index (χ0n) is 11.2. The van der Waals surface area contributed by atoms with Crippen LogP contribution in [0.2, 0.25) is 0 Å². The molecule has 0 spiro atoms. The van der Waals surface area contributed by atoms with Crippen LogP contribution < -0.4 is 16.6 Å². The summed E-state index contributed by atoms with van der Waals surface area (Å²) < 4.78 is 0. The molecule has 1 aromatic heterocycles. The van der Waals surface area contributed by atoms with Crippen molar-refractivity contribution in [1.82, 2.24) is 15.6 Å². The summed E-state index contributed by atoms with van der Waals surface area (Å²) in [6, 6.07) is 1.79. The Morgan fingerprint density at radius 2 is 2.25 bits per heavy atom. The topological polar surface area (TPSA) is 105 Å². The number of nitrogens with one attached hydrogen (secondary N) is 2. The average molecular weight is 296 g/mol. The van der Waals surface area contributed by atoms with Crippen LogP contribution in [0.1, 0.15) is 29.1 Å². The van der Waals surface area contributed by atoms with Crippen LogP contribution in [0.3, 0.4) is 0 Å². The van der Waals surface area contributed by atoms with E-state index in [1.165, 1.54) is 11.3 Å². The van der Waals surface area contributed by atoms with Gasteiger partial charge in [0.05, 0.1) is 17.0 Å². The third kappa shape index (κ3) is 2.58. The fourth-order valence-corrected chi connectivity index (χ4v) is 2.84. The summed E-state index contributed by atoms with van der Waals surface area (Å²) in [6.45, 7) is 3.92. The molecule has 2 rings (SSSR count). The highest BCUT2D eigenvalue weighted by molar-refractivity contribution is 7.12. The molecule has 1 aliphatic heterocycles. The number of thiophene rings is 1. The molecule has 1 aromatic rings. The largest absolute Gasteiger partial charge is 0.294 e. The quantitative estimate of drug-likeness (QED) is 0.304. The maximum absolute atomic E-state index is 11.9. The first-order chi connectivity index (χ1) is 9.36. The number of hydrogen-bond donors (Lipinski definition) is 3. The number of nitrogen functional groups attached to an aromatic ring is 1. The number of piperazine rings is 1. The van der Waals surface area contributed by atoms with Crippen molar-refractivity contribution >= 4 is 29.1 Å². The van der Waals surface area contributed by atoms with Gasteiger partial charge in [-0.3, -0.25) is 30.0 Å². The summed E-state index contributed by atoms with van der Waals surface area (Å²) in [7, 11) is 0. The number of carbonyl (C=O) groups is 3. The van der Waals surface area contributed by atoms with E-state index < -0.39 is 5.54 Å².